The fourth-order valence-electron chi connectivity index (χ4n) is 3.21. The zero-order valence-electron chi connectivity index (χ0n) is 12.4. The molecule has 4 heteroatoms. The lowest BCUT2D eigenvalue weighted by molar-refractivity contribution is -0.268. The molecule has 4 aromatic rings. The zero-order valence-corrected chi connectivity index (χ0v) is 12.4. The number of carboxylic acid groups (broad SMARTS) is 1. The van der Waals surface area contributed by atoms with Crippen molar-refractivity contribution >= 4 is 50.1 Å². The maximum atomic E-state index is 12.4. The Balaban J connectivity index is 2.09. The second-order valence-electron chi connectivity index (χ2n) is 5.65. The molecule has 0 aliphatic carbocycles. The summed E-state index contributed by atoms with van der Waals surface area (Å²) in [6.45, 7) is 0. The van der Waals surface area contributed by atoms with Gasteiger partial charge in [-0.15, -0.1) is 5.75 Å². The molecule has 0 saturated carbocycles. The van der Waals surface area contributed by atoms with Gasteiger partial charge < -0.3 is 10.2 Å². The maximum absolute atomic E-state index is 12.4. The minimum Gasteiger partial charge on any atom is -0.872 e. The fourth-order valence-corrected chi connectivity index (χ4v) is 3.21. The van der Waals surface area contributed by atoms with E-state index in [1.165, 1.54) is 12.1 Å². The van der Waals surface area contributed by atoms with Crippen LogP contribution in [-0.2, 0) is 9.59 Å². The number of benzene rings is 4. The highest BCUT2D eigenvalue weighted by atomic mass is 16.4. The van der Waals surface area contributed by atoms with Crippen molar-refractivity contribution in [3.63, 3.8) is 0 Å². The van der Waals surface area contributed by atoms with Crippen molar-refractivity contribution in [1.29, 1.82) is 0 Å². The van der Waals surface area contributed by atoms with Crippen molar-refractivity contribution in [3.8, 4) is 5.75 Å². The smallest absolute Gasteiger partial charge is 0.376 e. The van der Waals surface area contributed by atoms with Gasteiger partial charge >= 0.3 is 5.97 Å². The van der Waals surface area contributed by atoms with Crippen LogP contribution >= 0.6 is 0 Å². The molecule has 0 heterocycles. The predicted molar refractivity (Wildman–Crippen MR) is 91.3 cm³/mol. The maximum Gasteiger partial charge on any atom is 0.376 e. The number of carbonyl (C=O) groups excluding carboxylic acids is 1. The Morgan fingerprint density at radius 1 is 0.917 bits per heavy atom. The summed E-state index contributed by atoms with van der Waals surface area (Å²) in [4.78, 5) is 22.0. The highest BCUT2D eigenvalue weighted by Crippen LogP contribution is 2.38. The molecule has 0 radical (unpaired) electrons. The summed E-state index contributed by atoms with van der Waals surface area (Å²) in [5.41, 5.74) is 0.329. The Bertz CT molecular complexity index is 1140. The number of carbonyl (C=O) groups is 2. The van der Waals surface area contributed by atoms with Gasteiger partial charge in [-0.2, -0.15) is 0 Å². The largest absolute Gasteiger partial charge is 0.872 e. The van der Waals surface area contributed by atoms with Gasteiger partial charge in [0.1, 0.15) is 0 Å². The lowest BCUT2D eigenvalue weighted by atomic mass is 9.91. The van der Waals surface area contributed by atoms with E-state index in [4.69, 9.17) is 5.11 Å². The number of aliphatic carboxylic acids is 1. The Morgan fingerprint density at radius 2 is 1.58 bits per heavy atom. The number of ketones is 1. The van der Waals surface area contributed by atoms with Gasteiger partial charge in [0.15, 0.2) is 0 Å². The van der Waals surface area contributed by atoms with Gasteiger partial charge in [0.25, 0.3) is 5.78 Å². The number of rotatable bonds is 3. The first kappa shape index (κ1) is 14.2. The first-order valence-electron chi connectivity index (χ1n) is 7.39. The molecule has 24 heavy (non-hydrogen) atoms. The molecular formula is C20H11O4-. The molecule has 0 bridgehead atoms. The van der Waals surface area contributed by atoms with Crippen LogP contribution in [0, 0.1) is 0 Å². The molecule has 4 aromatic carbocycles. The second kappa shape index (κ2) is 5.06. The van der Waals surface area contributed by atoms with Crippen LogP contribution in [0.3, 0.4) is 0 Å². The first-order valence-corrected chi connectivity index (χ1v) is 7.39. The Kier molecular flexibility index (Phi) is 3.00. The van der Waals surface area contributed by atoms with E-state index >= 15 is 0 Å². The van der Waals surface area contributed by atoms with Crippen molar-refractivity contribution in [2.75, 3.05) is 0 Å². The summed E-state index contributed by atoms with van der Waals surface area (Å²) in [7, 11) is 0. The van der Waals surface area contributed by atoms with Crippen LogP contribution in [0.4, 0.5) is 0 Å². The lowest BCUT2D eigenvalue weighted by Gasteiger charge is -2.18. The van der Waals surface area contributed by atoms with E-state index < -0.39 is 11.8 Å². The molecular weight excluding hydrogens is 304 g/mol. The van der Waals surface area contributed by atoms with Crippen molar-refractivity contribution in [3.05, 3.63) is 60.2 Å². The molecule has 0 amide bonds. The quantitative estimate of drug-likeness (QED) is 0.357. The predicted octanol–water partition coefficient (Wildman–Crippen LogP) is 3.32. The van der Waals surface area contributed by atoms with Gasteiger partial charge in [0.05, 0.1) is 0 Å². The highest BCUT2D eigenvalue weighted by molar-refractivity contribution is 6.38. The molecule has 116 valence electrons. The van der Waals surface area contributed by atoms with E-state index in [1.54, 1.807) is 0 Å². The molecule has 0 atom stereocenters. The average Bonchev–Trinajstić information content (AvgIpc) is 2.58. The van der Waals surface area contributed by atoms with Crippen molar-refractivity contribution in [2.24, 2.45) is 0 Å². The zero-order chi connectivity index (χ0) is 16.8. The van der Waals surface area contributed by atoms with Crippen LogP contribution in [0.2, 0.25) is 0 Å². The van der Waals surface area contributed by atoms with E-state index in [2.05, 4.69) is 0 Å². The minimum atomic E-state index is -1.54. The number of hydrogen-bond donors (Lipinski definition) is 1. The van der Waals surface area contributed by atoms with Crippen molar-refractivity contribution in [2.45, 2.75) is 0 Å². The van der Waals surface area contributed by atoms with Crippen LogP contribution in [0.1, 0.15) is 5.56 Å². The van der Waals surface area contributed by atoms with Crippen LogP contribution in [0.15, 0.2) is 54.6 Å². The van der Waals surface area contributed by atoms with Crippen LogP contribution in [-0.4, -0.2) is 16.9 Å². The van der Waals surface area contributed by atoms with E-state index in [0.29, 0.717) is 5.56 Å². The van der Waals surface area contributed by atoms with Crippen LogP contribution < -0.4 is 5.11 Å². The minimum absolute atomic E-state index is 0.240. The van der Waals surface area contributed by atoms with E-state index in [1.807, 2.05) is 42.5 Å². The summed E-state index contributed by atoms with van der Waals surface area (Å²) in [6, 6.07) is 15.2. The average molecular weight is 315 g/mol. The highest BCUT2D eigenvalue weighted by Gasteiger charge is 2.11. The summed E-state index contributed by atoms with van der Waals surface area (Å²) >= 11 is 0. The third-order valence-corrected chi connectivity index (χ3v) is 4.26. The Hall–Kier alpha value is -3.40. The van der Waals surface area contributed by atoms with E-state index in [9.17, 15) is 14.7 Å². The molecule has 0 aromatic heterocycles. The first-order chi connectivity index (χ1) is 11.6. The summed E-state index contributed by atoms with van der Waals surface area (Å²) in [5.74, 6) is -2.84. The SMILES string of the molecule is O=C(O)C(=O)/C=C\c1c([O-])cc2ccc3cccc4ccc1c2c34. The second-order valence-corrected chi connectivity index (χ2v) is 5.65. The normalized spacial score (nSPS) is 11.8. The van der Waals surface area contributed by atoms with Crippen molar-refractivity contribution < 1.29 is 19.8 Å². The van der Waals surface area contributed by atoms with Gasteiger partial charge in [-0.25, -0.2) is 4.79 Å². The number of hydrogen-bond acceptors (Lipinski definition) is 3. The molecule has 0 aliphatic heterocycles. The molecule has 0 spiro atoms. The topological polar surface area (TPSA) is 77.4 Å². The van der Waals surface area contributed by atoms with Crippen molar-refractivity contribution in [1.82, 2.24) is 0 Å². The van der Waals surface area contributed by atoms with Gasteiger partial charge in [-0.05, 0) is 44.0 Å². The molecule has 4 rings (SSSR count). The summed E-state index contributed by atoms with van der Waals surface area (Å²) < 4.78 is 0. The molecule has 0 aliphatic rings. The van der Waals surface area contributed by atoms with E-state index in [-0.39, 0.29) is 5.75 Å². The lowest BCUT2D eigenvalue weighted by Crippen LogP contribution is -2.08. The summed E-state index contributed by atoms with van der Waals surface area (Å²) in [5, 5.41) is 26.8. The van der Waals surface area contributed by atoms with Crippen LogP contribution in [0.25, 0.3) is 38.4 Å². The Morgan fingerprint density at radius 3 is 2.29 bits per heavy atom. The summed E-state index contributed by atoms with van der Waals surface area (Å²) in [6.07, 6.45) is 2.22. The molecule has 0 unspecified atom stereocenters. The standard InChI is InChI=1S/C20H12O4/c21-16(20(23)24)9-8-14-15-7-6-12-3-1-2-11-4-5-13(10-17(14)22)19(15)18(11)12/h1-10,22H,(H,23,24)/p-1/b9-8-. The fraction of sp³-hybridized carbons (Fsp3) is 0. The third kappa shape index (κ3) is 2.01. The van der Waals surface area contributed by atoms with Gasteiger partial charge in [-0.1, -0.05) is 54.6 Å². The van der Waals surface area contributed by atoms with Gasteiger partial charge in [0, 0.05) is 0 Å². The molecule has 4 nitrogen and oxygen atoms in total. The molecule has 1 N–H and O–H groups in total. The van der Waals surface area contributed by atoms with Gasteiger partial charge in [-0.3, -0.25) is 4.79 Å². The van der Waals surface area contributed by atoms with E-state index in [0.717, 1.165) is 38.4 Å². The monoisotopic (exact) mass is 315 g/mol. The van der Waals surface area contributed by atoms with Gasteiger partial charge in [0.2, 0.25) is 0 Å². The number of carboxylic acids is 1. The molecule has 0 fully saturated rings. The van der Waals surface area contributed by atoms with Crippen LogP contribution in [0.5, 0.6) is 5.75 Å². The molecule has 0 saturated heterocycles. The Labute approximate surface area is 136 Å². The third-order valence-electron chi connectivity index (χ3n) is 4.26.